The van der Waals surface area contributed by atoms with Crippen molar-refractivity contribution in [3.63, 3.8) is 0 Å². The molecule has 4 heteroatoms. The molecule has 0 N–H and O–H groups in total. The summed E-state index contributed by atoms with van der Waals surface area (Å²) in [5.41, 5.74) is 2.89. The second-order valence-electron chi connectivity index (χ2n) is 10.0. The Kier molecular flexibility index (Phi) is 24.1. The van der Waals surface area contributed by atoms with E-state index in [1.54, 1.807) is 6.92 Å². The number of rotatable bonds is 20. The van der Waals surface area contributed by atoms with Crippen molar-refractivity contribution in [3.8, 4) is 0 Å². The van der Waals surface area contributed by atoms with Gasteiger partial charge in [-0.15, -0.1) is 0 Å². The topological polar surface area (TPSA) is 43.4 Å². The molecule has 0 aliphatic rings. The maximum absolute atomic E-state index is 11.8. The van der Waals surface area contributed by atoms with Crippen LogP contribution in [0, 0.1) is 0 Å². The standard InChI is InChI=1S/C23H39O.C11H13O2.Fe/c1-2-3-4-5-6-7-8-9-10-11-12-13-14-15-16-21-23(24)22-19-17-18-20-22;1-3-13-11(12)8-9(2)10-6-4-5-7-10;/h17-20H,2-16,21H2,1H3;4-8H,3H2,1-2H3;/q-1;-5;. The fourth-order valence-electron chi connectivity index (χ4n) is 4.44. The molecule has 0 bridgehead atoms. The third kappa shape index (κ3) is 19.2. The molecule has 0 fully saturated rings. The first kappa shape index (κ1) is 36.1. The first-order chi connectivity index (χ1) is 18.1. The van der Waals surface area contributed by atoms with Crippen LogP contribution in [-0.4, -0.2) is 18.4 Å². The van der Waals surface area contributed by atoms with Gasteiger partial charge in [0.2, 0.25) is 0 Å². The van der Waals surface area contributed by atoms with Crippen molar-refractivity contribution in [2.24, 2.45) is 0 Å². The van der Waals surface area contributed by atoms with Crippen LogP contribution >= 0.6 is 0 Å². The predicted molar refractivity (Wildman–Crippen MR) is 158 cm³/mol. The maximum atomic E-state index is 11.8. The van der Waals surface area contributed by atoms with Gasteiger partial charge < -0.3 is 51.0 Å². The van der Waals surface area contributed by atoms with Crippen molar-refractivity contribution in [1.29, 1.82) is 0 Å². The summed E-state index contributed by atoms with van der Waals surface area (Å²) < 4.78 is 4.80. The van der Waals surface area contributed by atoms with Crippen LogP contribution in [0.1, 0.15) is 139 Å². The molecule has 0 aliphatic carbocycles. The molecule has 0 spiro atoms. The van der Waals surface area contributed by atoms with Crippen LogP contribution in [0.5, 0.6) is 0 Å². The minimum atomic E-state index is -0.277. The quantitative estimate of drug-likeness (QED) is 0.0401. The Hall–Kier alpha value is -1.90. The number of esters is 1. The van der Waals surface area contributed by atoms with Gasteiger partial charge in [0, 0.05) is 17.1 Å². The van der Waals surface area contributed by atoms with E-state index in [-0.39, 0.29) is 23.0 Å². The van der Waals surface area contributed by atoms with Gasteiger partial charge in [-0.3, -0.25) is 4.79 Å². The number of ketones is 1. The molecule has 0 saturated carbocycles. The predicted octanol–water partition coefficient (Wildman–Crippen LogP) is 10.2. The molecule has 2 aromatic rings. The van der Waals surface area contributed by atoms with Crippen LogP contribution in [0.25, 0.3) is 5.57 Å². The zero-order valence-electron chi connectivity index (χ0n) is 24.3. The Morgan fingerprint density at radius 2 is 1.18 bits per heavy atom. The van der Waals surface area contributed by atoms with Crippen LogP contribution in [0.2, 0.25) is 0 Å². The Morgan fingerprint density at radius 3 is 1.63 bits per heavy atom. The fraction of sp³-hybridized carbons (Fsp3) is 0.588. The summed E-state index contributed by atoms with van der Waals surface area (Å²) >= 11 is 0. The number of ether oxygens (including phenoxy) is 1. The second kappa shape index (κ2) is 25.4. The first-order valence-electron chi connectivity index (χ1n) is 14.9. The molecule has 0 amide bonds. The van der Waals surface area contributed by atoms with Gasteiger partial charge >= 0.3 is 0 Å². The van der Waals surface area contributed by atoms with Crippen LogP contribution in [0.3, 0.4) is 0 Å². The molecular formula is C34H52FeO3-6. The summed E-state index contributed by atoms with van der Waals surface area (Å²) in [5, 5.41) is 0. The van der Waals surface area contributed by atoms with Gasteiger partial charge in [-0.25, -0.2) is 12.1 Å². The van der Waals surface area contributed by atoms with E-state index in [0.717, 1.165) is 29.5 Å². The molecule has 0 radical (unpaired) electrons. The van der Waals surface area contributed by atoms with Crippen molar-refractivity contribution in [2.75, 3.05) is 6.61 Å². The van der Waals surface area contributed by atoms with Crippen molar-refractivity contribution in [3.05, 3.63) is 65.7 Å². The molecular weight excluding hydrogens is 512 g/mol. The molecule has 3 nitrogen and oxygen atoms in total. The normalized spacial score (nSPS) is 10.9. The van der Waals surface area contributed by atoms with Gasteiger partial charge in [-0.2, -0.15) is 19.1 Å². The monoisotopic (exact) mass is 564 g/mol. The molecule has 0 aliphatic heterocycles. The number of allylic oxidation sites excluding steroid dienone is 1. The minimum absolute atomic E-state index is 0. The van der Waals surface area contributed by atoms with Crippen molar-refractivity contribution < 1.29 is 31.4 Å². The van der Waals surface area contributed by atoms with Crippen molar-refractivity contribution in [2.45, 2.75) is 124 Å². The van der Waals surface area contributed by atoms with Gasteiger partial charge in [0.25, 0.3) is 0 Å². The molecule has 2 rings (SSSR count). The van der Waals surface area contributed by atoms with E-state index in [0.29, 0.717) is 12.4 Å². The zero-order chi connectivity index (χ0) is 27.0. The number of carbonyl (C=O) groups excluding carboxylic acids is 2. The summed E-state index contributed by atoms with van der Waals surface area (Å²) in [6.07, 6.45) is 22.8. The Morgan fingerprint density at radius 1 is 0.737 bits per heavy atom. The number of hydrogen-bond donors (Lipinski definition) is 0. The maximum Gasteiger partial charge on any atom is 0.183 e. The summed E-state index contributed by atoms with van der Waals surface area (Å²) in [6.45, 7) is 6.39. The van der Waals surface area contributed by atoms with Gasteiger partial charge in [-0.05, 0) is 19.8 Å². The molecule has 2 aromatic carbocycles. The molecule has 0 saturated heterocycles. The van der Waals surface area contributed by atoms with Crippen molar-refractivity contribution in [1.82, 2.24) is 0 Å². The van der Waals surface area contributed by atoms with Gasteiger partial charge in [-0.1, -0.05) is 102 Å². The largest absolute Gasteiger partial charge is 0.684 e. The van der Waals surface area contributed by atoms with E-state index < -0.39 is 0 Å². The molecule has 220 valence electrons. The zero-order valence-corrected chi connectivity index (χ0v) is 25.4. The Balaban J connectivity index is 0.000000827. The smallest absolute Gasteiger partial charge is 0.183 e. The number of unbranched alkanes of at least 4 members (excludes halogenated alkanes) is 14. The average molecular weight is 565 g/mol. The second-order valence-corrected chi connectivity index (χ2v) is 10.0. The van der Waals surface area contributed by atoms with Gasteiger partial charge in [0.15, 0.2) is 5.97 Å². The summed E-state index contributed by atoms with van der Waals surface area (Å²) in [4.78, 5) is 22.9. The molecule has 0 heterocycles. The van der Waals surface area contributed by atoms with Crippen LogP contribution in [0.15, 0.2) is 54.6 Å². The van der Waals surface area contributed by atoms with Gasteiger partial charge in [0.1, 0.15) is 5.78 Å². The fourth-order valence-corrected chi connectivity index (χ4v) is 4.44. The first-order valence-corrected chi connectivity index (χ1v) is 14.9. The van der Waals surface area contributed by atoms with E-state index in [4.69, 9.17) is 4.74 Å². The number of carbonyl (C=O) groups is 2. The molecule has 0 aromatic heterocycles. The third-order valence-corrected chi connectivity index (χ3v) is 6.73. The van der Waals surface area contributed by atoms with Crippen molar-refractivity contribution >= 4 is 17.3 Å². The summed E-state index contributed by atoms with van der Waals surface area (Å²) in [7, 11) is 0. The number of hydrogen-bond acceptors (Lipinski definition) is 3. The van der Waals surface area contributed by atoms with E-state index in [1.807, 2.05) is 55.5 Å². The summed E-state index contributed by atoms with van der Waals surface area (Å²) in [6, 6.07) is 15.5. The summed E-state index contributed by atoms with van der Waals surface area (Å²) in [5.74, 6) is 0.0379. The third-order valence-electron chi connectivity index (χ3n) is 6.73. The van der Waals surface area contributed by atoms with E-state index in [1.165, 1.54) is 96.0 Å². The Labute approximate surface area is 244 Å². The molecule has 38 heavy (non-hydrogen) atoms. The van der Waals surface area contributed by atoms with Gasteiger partial charge in [0.05, 0.1) is 6.61 Å². The van der Waals surface area contributed by atoms with Crippen LogP contribution < -0.4 is 0 Å². The van der Waals surface area contributed by atoms with Crippen LogP contribution in [0.4, 0.5) is 0 Å². The molecule has 0 unspecified atom stereocenters. The van der Waals surface area contributed by atoms with E-state index in [9.17, 15) is 9.59 Å². The average Bonchev–Trinajstić information content (AvgIpc) is 3.62. The van der Waals surface area contributed by atoms with E-state index in [2.05, 4.69) is 6.92 Å². The Bertz CT molecular complexity index is 818. The molecule has 0 atom stereocenters. The van der Waals surface area contributed by atoms with E-state index >= 15 is 0 Å². The SMILES string of the molecule is CCCCCCCCCCCCCCCCCC(=O)[c-]1cccc1.CCOC(=O)C=C(C)[c-]1[cH-][cH-][cH-][cH-]1.[Fe]. The van der Waals surface area contributed by atoms with Crippen LogP contribution in [-0.2, 0) is 26.6 Å². The number of Topliss-reactive ketones (excluding diaryl/α,β-unsaturated/α-hetero) is 1. The minimum Gasteiger partial charge on any atom is -0.684 e.